The summed E-state index contributed by atoms with van der Waals surface area (Å²) >= 11 is 0. The van der Waals surface area contributed by atoms with Gasteiger partial charge in [0.1, 0.15) is 12.7 Å². The van der Waals surface area contributed by atoms with Crippen LogP contribution in [0.1, 0.15) is 33.6 Å². The Morgan fingerprint density at radius 1 is 1.14 bits per heavy atom. The van der Waals surface area contributed by atoms with Crippen molar-refractivity contribution in [3.63, 3.8) is 0 Å². The van der Waals surface area contributed by atoms with Gasteiger partial charge in [-0.05, 0) is 19.8 Å². The van der Waals surface area contributed by atoms with Gasteiger partial charge in [-0.3, -0.25) is 14.4 Å². The van der Waals surface area contributed by atoms with E-state index in [-0.39, 0.29) is 18.5 Å². The van der Waals surface area contributed by atoms with Crippen LogP contribution >= 0.6 is 0 Å². The van der Waals surface area contributed by atoms with Crippen LogP contribution in [0.2, 0.25) is 0 Å². The molecule has 0 bridgehead atoms. The number of aliphatic carboxylic acids is 1. The molecule has 0 aromatic carbocycles. The fraction of sp³-hybridized carbons (Fsp3) is 0.667. The molecule has 6 nitrogen and oxygen atoms in total. The highest BCUT2D eigenvalue weighted by Crippen LogP contribution is 2.27. The number of carbonyl (C=O) groups is 3. The van der Waals surface area contributed by atoms with E-state index in [1.165, 1.54) is 0 Å². The number of carboxylic acids is 1. The van der Waals surface area contributed by atoms with Crippen LogP contribution in [0.4, 0.5) is 0 Å². The van der Waals surface area contributed by atoms with E-state index in [1.54, 1.807) is 32.9 Å². The summed E-state index contributed by atoms with van der Waals surface area (Å²) in [4.78, 5) is 34.5. The lowest BCUT2D eigenvalue weighted by Crippen LogP contribution is -2.35. The van der Waals surface area contributed by atoms with Crippen LogP contribution in [0.25, 0.3) is 0 Å². The highest BCUT2D eigenvalue weighted by molar-refractivity contribution is 5.81. The van der Waals surface area contributed by atoms with Crippen molar-refractivity contribution in [2.75, 3.05) is 6.61 Å². The Kier molecular flexibility index (Phi) is 6.39. The molecule has 1 rings (SSSR count). The largest absolute Gasteiger partial charge is 0.481 e. The quantitative estimate of drug-likeness (QED) is 0.594. The lowest BCUT2D eigenvalue weighted by atomic mass is 9.83. The summed E-state index contributed by atoms with van der Waals surface area (Å²) in [6, 6.07) is 0. The Bertz CT molecular complexity index is 426. The van der Waals surface area contributed by atoms with Crippen LogP contribution in [0.15, 0.2) is 12.2 Å². The predicted octanol–water partition coefficient (Wildman–Crippen LogP) is 1.78. The number of esters is 2. The first-order chi connectivity index (χ1) is 9.82. The predicted molar refractivity (Wildman–Crippen MR) is 74.3 cm³/mol. The average molecular weight is 298 g/mol. The summed E-state index contributed by atoms with van der Waals surface area (Å²) in [5.41, 5.74) is 0. The van der Waals surface area contributed by atoms with Crippen LogP contribution in [-0.4, -0.2) is 35.7 Å². The van der Waals surface area contributed by atoms with Gasteiger partial charge in [-0.1, -0.05) is 26.0 Å². The van der Waals surface area contributed by atoms with Gasteiger partial charge in [0.25, 0.3) is 0 Å². The van der Waals surface area contributed by atoms with Crippen LogP contribution in [0, 0.1) is 17.8 Å². The molecule has 0 spiro atoms. The van der Waals surface area contributed by atoms with Crippen LogP contribution in [-0.2, 0) is 23.9 Å². The summed E-state index contributed by atoms with van der Waals surface area (Å²) in [5.74, 6) is -3.60. The first-order valence-corrected chi connectivity index (χ1v) is 7.07. The highest BCUT2D eigenvalue weighted by Gasteiger charge is 2.35. The maximum atomic E-state index is 12.0. The highest BCUT2D eigenvalue weighted by atomic mass is 16.6. The van der Waals surface area contributed by atoms with E-state index >= 15 is 0 Å². The molecule has 0 amide bonds. The standard InChI is InChI=1S/C15H22O6/c1-9(2)14(18)20-8-10(3)21-15(19)12-7-5-4-6-11(12)13(16)17/h4-5,9-12H,6-8H2,1-3H3,(H,16,17). The van der Waals surface area contributed by atoms with Gasteiger partial charge in [0.15, 0.2) is 0 Å². The molecule has 6 heteroatoms. The average Bonchev–Trinajstić information content (AvgIpc) is 2.44. The molecule has 0 fully saturated rings. The Balaban J connectivity index is 2.49. The van der Waals surface area contributed by atoms with Crippen LogP contribution in [0.3, 0.4) is 0 Å². The number of carbonyl (C=O) groups excluding carboxylic acids is 2. The number of rotatable bonds is 6. The molecule has 1 N–H and O–H groups in total. The molecule has 0 aromatic heterocycles. The van der Waals surface area contributed by atoms with E-state index < -0.39 is 29.9 Å². The maximum Gasteiger partial charge on any atom is 0.310 e. The zero-order valence-electron chi connectivity index (χ0n) is 12.6. The van der Waals surface area contributed by atoms with Gasteiger partial charge in [-0.15, -0.1) is 0 Å². The number of allylic oxidation sites excluding steroid dienone is 2. The molecule has 0 heterocycles. The molecule has 1 aliphatic rings. The Hall–Kier alpha value is -1.85. The minimum absolute atomic E-state index is 0.0248. The molecular formula is C15H22O6. The molecule has 0 saturated heterocycles. The topological polar surface area (TPSA) is 89.9 Å². The third-order valence-corrected chi connectivity index (χ3v) is 3.30. The second kappa shape index (κ2) is 7.81. The van der Waals surface area contributed by atoms with Gasteiger partial charge >= 0.3 is 17.9 Å². The van der Waals surface area contributed by atoms with E-state index in [2.05, 4.69) is 0 Å². The van der Waals surface area contributed by atoms with Crippen LogP contribution in [0.5, 0.6) is 0 Å². The Morgan fingerprint density at radius 3 is 2.24 bits per heavy atom. The molecule has 118 valence electrons. The van der Waals surface area contributed by atoms with Crippen molar-refractivity contribution in [1.29, 1.82) is 0 Å². The monoisotopic (exact) mass is 298 g/mol. The van der Waals surface area contributed by atoms with Gasteiger partial charge in [-0.2, -0.15) is 0 Å². The van der Waals surface area contributed by atoms with Crippen molar-refractivity contribution >= 4 is 17.9 Å². The Labute approximate surface area is 124 Å². The summed E-state index contributed by atoms with van der Waals surface area (Å²) in [6.45, 7) is 5.01. The summed E-state index contributed by atoms with van der Waals surface area (Å²) in [6.07, 6.45) is 3.63. The first kappa shape index (κ1) is 17.2. The van der Waals surface area contributed by atoms with Gasteiger partial charge in [0, 0.05) is 0 Å². The fourth-order valence-corrected chi connectivity index (χ4v) is 2.03. The van der Waals surface area contributed by atoms with Crippen molar-refractivity contribution in [3.8, 4) is 0 Å². The molecule has 0 saturated carbocycles. The normalized spacial score (nSPS) is 22.7. The van der Waals surface area contributed by atoms with Crippen molar-refractivity contribution < 1.29 is 29.0 Å². The van der Waals surface area contributed by atoms with Gasteiger partial charge in [0.05, 0.1) is 17.8 Å². The van der Waals surface area contributed by atoms with E-state index in [4.69, 9.17) is 14.6 Å². The fourth-order valence-electron chi connectivity index (χ4n) is 2.03. The number of hydrogen-bond acceptors (Lipinski definition) is 5. The SMILES string of the molecule is CC(COC(=O)C(C)C)OC(=O)C1CC=CCC1C(=O)O. The summed E-state index contributed by atoms with van der Waals surface area (Å²) in [5, 5.41) is 9.12. The van der Waals surface area contributed by atoms with Crippen molar-refractivity contribution in [3.05, 3.63) is 12.2 Å². The van der Waals surface area contributed by atoms with E-state index in [9.17, 15) is 14.4 Å². The lowest BCUT2D eigenvalue weighted by Gasteiger charge is -2.25. The lowest BCUT2D eigenvalue weighted by molar-refractivity contribution is -0.166. The van der Waals surface area contributed by atoms with Crippen molar-refractivity contribution in [1.82, 2.24) is 0 Å². The van der Waals surface area contributed by atoms with Gasteiger partial charge < -0.3 is 14.6 Å². The minimum Gasteiger partial charge on any atom is -0.481 e. The molecule has 3 unspecified atom stereocenters. The van der Waals surface area contributed by atoms with Crippen molar-refractivity contribution in [2.24, 2.45) is 17.8 Å². The summed E-state index contributed by atoms with van der Waals surface area (Å²) < 4.78 is 10.2. The van der Waals surface area contributed by atoms with E-state index in [1.807, 2.05) is 0 Å². The van der Waals surface area contributed by atoms with Gasteiger partial charge in [0.2, 0.25) is 0 Å². The number of hydrogen-bond donors (Lipinski definition) is 1. The van der Waals surface area contributed by atoms with Crippen molar-refractivity contribution in [2.45, 2.75) is 39.7 Å². The molecular weight excluding hydrogens is 276 g/mol. The molecule has 3 atom stereocenters. The number of ether oxygens (including phenoxy) is 2. The molecule has 0 aromatic rings. The minimum atomic E-state index is -1.000. The summed E-state index contributed by atoms with van der Waals surface area (Å²) in [7, 11) is 0. The molecule has 1 aliphatic carbocycles. The third kappa shape index (κ3) is 5.21. The van der Waals surface area contributed by atoms with E-state index in [0.717, 1.165) is 0 Å². The molecule has 21 heavy (non-hydrogen) atoms. The maximum absolute atomic E-state index is 12.0. The number of carboxylic acid groups (broad SMARTS) is 1. The first-order valence-electron chi connectivity index (χ1n) is 7.07. The zero-order valence-corrected chi connectivity index (χ0v) is 12.6. The second-order valence-electron chi connectivity index (χ2n) is 5.53. The molecule has 0 aliphatic heterocycles. The second-order valence-corrected chi connectivity index (χ2v) is 5.53. The zero-order chi connectivity index (χ0) is 16.0. The molecule has 0 radical (unpaired) electrons. The third-order valence-electron chi connectivity index (χ3n) is 3.30. The smallest absolute Gasteiger partial charge is 0.310 e. The Morgan fingerprint density at radius 2 is 1.71 bits per heavy atom. The van der Waals surface area contributed by atoms with E-state index in [0.29, 0.717) is 12.8 Å². The van der Waals surface area contributed by atoms with Gasteiger partial charge in [-0.25, -0.2) is 0 Å². The van der Waals surface area contributed by atoms with Crippen LogP contribution < -0.4 is 0 Å².